The van der Waals surface area contributed by atoms with Gasteiger partial charge in [0.1, 0.15) is 0 Å². The minimum atomic E-state index is 0.632. The van der Waals surface area contributed by atoms with Crippen LogP contribution in [0.5, 0.6) is 0 Å². The molecule has 3 aromatic rings. The fourth-order valence-electron chi connectivity index (χ4n) is 1.91. The van der Waals surface area contributed by atoms with E-state index >= 15 is 0 Å². The highest BCUT2D eigenvalue weighted by Crippen LogP contribution is 2.20. The predicted molar refractivity (Wildman–Crippen MR) is 64.8 cm³/mol. The molecule has 0 saturated heterocycles. The lowest BCUT2D eigenvalue weighted by Gasteiger charge is -1.92. The molecule has 0 aliphatic rings. The first-order valence-corrected chi connectivity index (χ1v) is 5.51. The molecule has 2 heterocycles. The van der Waals surface area contributed by atoms with Gasteiger partial charge in [-0.25, -0.2) is 4.98 Å². The van der Waals surface area contributed by atoms with E-state index < -0.39 is 0 Å². The van der Waals surface area contributed by atoms with Crippen molar-refractivity contribution in [3.8, 4) is 0 Å². The maximum atomic E-state index is 5.92. The van der Waals surface area contributed by atoms with Gasteiger partial charge in [0.05, 0.1) is 11.0 Å². The third-order valence-corrected chi connectivity index (χ3v) is 2.86. The molecule has 0 bridgehead atoms. The highest BCUT2D eigenvalue weighted by Gasteiger charge is 2.07. The van der Waals surface area contributed by atoms with Crippen molar-refractivity contribution < 1.29 is 0 Å². The molecule has 0 aliphatic heterocycles. The number of hydrogen-bond acceptors (Lipinski definition) is 2. The Morgan fingerprint density at radius 1 is 1.44 bits per heavy atom. The molecule has 0 radical (unpaired) electrons. The largest absolute Gasteiger partial charge is 0.330 e. The number of halogens is 1. The van der Waals surface area contributed by atoms with E-state index in [4.69, 9.17) is 17.3 Å². The highest BCUT2D eigenvalue weighted by atomic mass is 35.5. The van der Waals surface area contributed by atoms with Crippen LogP contribution in [0.25, 0.3) is 16.8 Å². The summed E-state index contributed by atoms with van der Waals surface area (Å²) in [4.78, 5) is 7.70. The Labute approximate surface area is 97.0 Å². The first-order chi connectivity index (χ1) is 7.78. The Kier molecular flexibility index (Phi) is 2.12. The summed E-state index contributed by atoms with van der Waals surface area (Å²) in [5, 5.41) is 0.704. The van der Waals surface area contributed by atoms with Crippen molar-refractivity contribution in [1.82, 2.24) is 14.4 Å². The van der Waals surface area contributed by atoms with Crippen LogP contribution in [-0.4, -0.2) is 20.9 Å². The van der Waals surface area contributed by atoms with Crippen LogP contribution in [0.15, 0.2) is 24.4 Å². The van der Waals surface area contributed by atoms with Crippen molar-refractivity contribution in [2.75, 3.05) is 6.54 Å². The van der Waals surface area contributed by atoms with E-state index in [0.717, 1.165) is 28.9 Å². The highest BCUT2D eigenvalue weighted by molar-refractivity contribution is 6.31. The Hall–Kier alpha value is -1.52. The number of nitrogens with two attached hydrogens (primary N) is 1. The Bertz CT molecular complexity index is 652. The van der Waals surface area contributed by atoms with Gasteiger partial charge < -0.3 is 10.7 Å². The summed E-state index contributed by atoms with van der Waals surface area (Å²) in [5.74, 6) is 0.834. The minimum absolute atomic E-state index is 0.632. The van der Waals surface area contributed by atoms with Crippen LogP contribution in [0.1, 0.15) is 5.69 Å². The Balaban J connectivity index is 2.26. The number of imidazole rings is 2. The molecule has 3 N–H and O–H groups in total. The van der Waals surface area contributed by atoms with Gasteiger partial charge >= 0.3 is 0 Å². The Morgan fingerprint density at radius 2 is 2.31 bits per heavy atom. The summed E-state index contributed by atoms with van der Waals surface area (Å²) < 4.78 is 2.02. The van der Waals surface area contributed by atoms with E-state index in [-0.39, 0.29) is 0 Å². The number of nitrogens with zero attached hydrogens (tertiary/aromatic N) is 2. The first kappa shape index (κ1) is 9.69. The van der Waals surface area contributed by atoms with Gasteiger partial charge in [-0.2, -0.15) is 0 Å². The molecule has 82 valence electrons. The third kappa shape index (κ3) is 1.38. The van der Waals surface area contributed by atoms with Crippen LogP contribution in [-0.2, 0) is 6.42 Å². The molecule has 0 unspecified atom stereocenters. The molecule has 0 aliphatic carbocycles. The number of aromatic amines is 1. The number of hydrogen-bond donors (Lipinski definition) is 2. The van der Waals surface area contributed by atoms with Crippen molar-refractivity contribution >= 4 is 28.4 Å². The van der Waals surface area contributed by atoms with Gasteiger partial charge in [0, 0.05) is 23.3 Å². The van der Waals surface area contributed by atoms with Gasteiger partial charge in [-0.05, 0) is 24.7 Å². The second-order valence-corrected chi connectivity index (χ2v) is 4.19. The second kappa shape index (κ2) is 3.50. The molecule has 0 saturated carbocycles. The summed E-state index contributed by atoms with van der Waals surface area (Å²) in [6.45, 7) is 0.632. The normalized spacial score (nSPS) is 11.6. The van der Waals surface area contributed by atoms with Crippen LogP contribution in [0, 0.1) is 0 Å². The fourth-order valence-corrected chi connectivity index (χ4v) is 2.07. The predicted octanol–water partition coefficient (Wildman–Crippen LogP) is 1.97. The average molecular weight is 235 g/mol. The van der Waals surface area contributed by atoms with Crippen LogP contribution >= 0.6 is 11.6 Å². The molecule has 4 nitrogen and oxygen atoms in total. The third-order valence-electron chi connectivity index (χ3n) is 2.62. The van der Waals surface area contributed by atoms with Crippen LogP contribution in [0.3, 0.4) is 0 Å². The molecule has 1 aromatic carbocycles. The molecule has 16 heavy (non-hydrogen) atoms. The first-order valence-electron chi connectivity index (χ1n) is 5.13. The molecule has 3 rings (SSSR count). The van der Waals surface area contributed by atoms with Gasteiger partial charge in [-0.3, -0.25) is 4.40 Å². The molecule has 0 fully saturated rings. The van der Waals surface area contributed by atoms with Gasteiger partial charge in [0.25, 0.3) is 0 Å². The Morgan fingerprint density at radius 3 is 3.12 bits per heavy atom. The number of aromatic nitrogens is 3. The number of benzene rings is 1. The molecular weight excluding hydrogens is 224 g/mol. The van der Waals surface area contributed by atoms with E-state index in [1.807, 2.05) is 28.8 Å². The van der Waals surface area contributed by atoms with Crippen molar-refractivity contribution in [2.24, 2.45) is 5.73 Å². The summed E-state index contributed by atoms with van der Waals surface area (Å²) in [6, 6.07) is 5.70. The molecule has 2 aromatic heterocycles. The quantitative estimate of drug-likeness (QED) is 0.712. The van der Waals surface area contributed by atoms with Crippen LogP contribution in [0.4, 0.5) is 0 Å². The van der Waals surface area contributed by atoms with Gasteiger partial charge in [0.2, 0.25) is 5.78 Å². The zero-order valence-corrected chi connectivity index (χ0v) is 9.33. The lowest BCUT2D eigenvalue weighted by molar-refractivity contribution is 0.936. The van der Waals surface area contributed by atoms with E-state index in [0.29, 0.717) is 11.6 Å². The second-order valence-electron chi connectivity index (χ2n) is 3.76. The lowest BCUT2D eigenvalue weighted by Crippen LogP contribution is -2.02. The molecule has 0 spiro atoms. The lowest BCUT2D eigenvalue weighted by atomic mass is 10.3. The van der Waals surface area contributed by atoms with Crippen molar-refractivity contribution in [1.29, 1.82) is 0 Å². The molecule has 0 amide bonds. The molecule has 0 atom stereocenters. The monoisotopic (exact) mass is 234 g/mol. The number of rotatable bonds is 2. The fraction of sp³-hybridized carbons (Fsp3) is 0.182. The van der Waals surface area contributed by atoms with Crippen molar-refractivity contribution in [3.63, 3.8) is 0 Å². The van der Waals surface area contributed by atoms with Crippen molar-refractivity contribution in [3.05, 3.63) is 35.1 Å². The van der Waals surface area contributed by atoms with E-state index in [2.05, 4.69) is 9.97 Å². The minimum Gasteiger partial charge on any atom is -0.330 e. The van der Waals surface area contributed by atoms with Gasteiger partial charge in [-0.15, -0.1) is 0 Å². The molecular formula is C11H11ClN4. The maximum Gasteiger partial charge on any atom is 0.212 e. The van der Waals surface area contributed by atoms with Gasteiger partial charge in [-0.1, -0.05) is 11.6 Å². The smallest absolute Gasteiger partial charge is 0.212 e. The maximum absolute atomic E-state index is 5.92. The average Bonchev–Trinajstić information content (AvgIpc) is 2.74. The standard InChI is InChI=1S/C11H11ClN4/c12-7-1-2-10-9(5-7)15-11-14-8(3-4-13)6-16(10)11/h1-2,5-6H,3-4,13H2,(H,14,15). The number of nitrogens with one attached hydrogen (secondary N) is 1. The van der Waals surface area contributed by atoms with Crippen LogP contribution in [0.2, 0.25) is 5.02 Å². The topological polar surface area (TPSA) is 59.1 Å². The van der Waals surface area contributed by atoms with E-state index in [1.54, 1.807) is 0 Å². The van der Waals surface area contributed by atoms with Crippen LogP contribution < -0.4 is 5.73 Å². The van der Waals surface area contributed by atoms with E-state index in [9.17, 15) is 0 Å². The zero-order valence-electron chi connectivity index (χ0n) is 8.57. The summed E-state index contributed by atoms with van der Waals surface area (Å²) >= 11 is 5.92. The van der Waals surface area contributed by atoms with E-state index in [1.165, 1.54) is 0 Å². The molecule has 5 heteroatoms. The number of fused-ring (bicyclic) bond motifs is 3. The summed E-state index contributed by atoms with van der Waals surface area (Å²) in [5.41, 5.74) is 8.57. The number of H-pyrrole nitrogens is 1. The van der Waals surface area contributed by atoms with Gasteiger partial charge in [0.15, 0.2) is 0 Å². The summed E-state index contributed by atoms with van der Waals surface area (Å²) in [7, 11) is 0. The summed E-state index contributed by atoms with van der Waals surface area (Å²) in [6.07, 6.45) is 2.86. The van der Waals surface area contributed by atoms with Crippen molar-refractivity contribution in [2.45, 2.75) is 6.42 Å². The SMILES string of the molecule is NCCc1cn2c(nc3cc(Cl)ccc32)[nH]1. The zero-order chi connectivity index (χ0) is 11.1.